The summed E-state index contributed by atoms with van der Waals surface area (Å²) in [5.41, 5.74) is 4.68. The first-order valence-corrected chi connectivity index (χ1v) is 9.40. The Kier molecular flexibility index (Phi) is 6.88. The summed E-state index contributed by atoms with van der Waals surface area (Å²) in [5, 5.41) is 11.1. The highest BCUT2D eigenvalue weighted by Crippen LogP contribution is 2.30. The van der Waals surface area contributed by atoms with Crippen LogP contribution in [0.2, 0.25) is 0 Å². The topological polar surface area (TPSA) is 63.5 Å². The highest BCUT2D eigenvalue weighted by atomic mass is 16.5. The zero-order valence-corrected chi connectivity index (χ0v) is 17.7. The van der Waals surface area contributed by atoms with Crippen molar-refractivity contribution in [2.24, 2.45) is 12.0 Å². The Morgan fingerprint density at radius 1 is 1.19 bits per heavy atom. The highest BCUT2D eigenvalue weighted by Gasteiger charge is 2.18. The van der Waals surface area contributed by atoms with E-state index < -0.39 is 0 Å². The van der Waals surface area contributed by atoms with E-state index in [2.05, 4.69) is 60.6 Å². The van der Waals surface area contributed by atoms with Crippen molar-refractivity contribution in [3.8, 4) is 5.75 Å². The number of ether oxygens (including phenoxy) is 1. The fraction of sp³-hybridized carbons (Fsp3) is 0.524. The molecule has 1 heterocycles. The van der Waals surface area contributed by atoms with Gasteiger partial charge in [-0.15, -0.1) is 0 Å². The van der Waals surface area contributed by atoms with E-state index in [-0.39, 0.29) is 5.41 Å². The fourth-order valence-corrected chi connectivity index (χ4v) is 3.01. The molecule has 2 N–H and O–H groups in total. The number of rotatable bonds is 6. The van der Waals surface area contributed by atoms with Gasteiger partial charge in [-0.3, -0.25) is 9.67 Å². The van der Waals surface area contributed by atoms with Gasteiger partial charge in [0.2, 0.25) is 0 Å². The van der Waals surface area contributed by atoms with E-state index in [0.717, 1.165) is 23.1 Å². The summed E-state index contributed by atoms with van der Waals surface area (Å²) < 4.78 is 7.91. The Morgan fingerprint density at radius 2 is 1.89 bits per heavy atom. The van der Waals surface area contributed by atoms with Crippen molar-refractivity contribution in [1.82, 2.24) is 20.4 Å². The van der Waals surface area contributed by atoms with E-state index >= 15 is 0 Å². The molecule has 0 spiro atoms. The molecule has 0 saturated carbocycles. The number of aliphatic imine (C=N–C) groups is 1. The van der Waals surface area contributed by atoms with Crippen LogP contribution >= 0.6 is 0 Å². The second kappa shape index (κ2) is 8.93. The van der Waals surface area contributed by atoms with Crippen LogP contribution in [0, 0.1) is 13.8 Å². The number of para-hydroxylation sites is 1. The molecule has 0 radical (unpaired) electrons. The normalized spacial score (nSPS) is 12.2. The first-order valence-electron chi connectivity index (χ1n) is 9.40. The maximum atomic E-state index is 6.00. The smallest absolute Gasteiger partial charge is 0.191 e. The summed E-state index contributed by atoms with van der Waals surface area (Å²) in [6.45, 7) is 12.6. The van der Waals surface area contributed by atoms with Gasteiger partial charge in [0.25, 0.3) is 0 Å². The van der Waals surface area contributed by atoms with E-state index in [1.807, 2.05) is 30.8 Å². The highest BCUT2D eigenvalue weighted by molar-refractivity contribution is 5.79. The lowest BCUT2D eigenvalue weighted by Crippen LogP contribution is -2.39. The third-order valence-corrected chi connectivity index (χ3v) is 4.66. The zero-order chi connectivity index (χ0) is 20.0. The van der Waals surface area contributed by atoms with E-state index in [1.54, 1.807) is 7.05 Å². The van der Waals surface area contributed by atoms with Crippen LogP contribution in [0.1, 0.15) is 43.3 Å². The third kappa shape index (κ3) is 5.49. The van der Waals surface area contributed by atoms with Gasteiger partial charge in [0.15, 0.2) is 5.96 Å². The SMILES string of the molecule is CN=C(NCCOc1ccccc1C(C)(C)C)NCc1c(C)nn(C)c1C. The van der Waals surface area contributed by atoms with Crippen LogP contribution in [0.25, 0.3) is 0 Å². The number of hydrogen-bond acceptors (Lipinski definition) is 3. The lowest BCUT2D eigenvalue weighted by atomic mass is 9.86. The van der Waals surface area contributed by atoms with Gasteiger partial charge in [0.1, 0.15) is 12.4 Å². The minimum atomic E-state index is 0.0566. The average Bonchev–Trinajstić information content (AvgIpc) is 2.86. The van der Waals surface area contributed by atoms with Crippen LogP contribution in [-0.4, -0.2) is 35.9 Å². The third-order valence-electron chi connectivity index (χ3n) is 4.66. The molecular formula is C21H33N5O. The first-order chi connectivity index (χ1) is 12.7. The number of nitrogens with one attached hydrogen (secondary N) is 2. The molecule has 0 aliphatic heterocycles. The summed E-state index contributed by atoms with van der Waals surface area (Å²) in [4.78, 5) is 4.28. The largest absolute Gasteiger partial charge is 0.491 e. The van der Waals surface area contributed by atoms with Crippen molar-refractivity contribution in [1.29, 1.82) is 0 Å². The van der Waals surface area contributed by atoms with Gasteiger partial charge in [-0.25, -0.2) is 0 Å². The minimum absolute atomic E-state index is 0.0566. The molecule has 6 nitrogen and oxygen atoms in total. The quantitative estimate of drug-likeness (QED) is 0.465. The number of hydrogen-bond donors (Lipinski definition) is 2. The van der Waals surface area contributed by atoms with Gasteiger partial charge in [0, 0.05) is 31.9 Å². The monoisotopic (exact) mass is 371 g/mol. The number of benzene rings is 1. The molecule has 0 bridgehead atoms. The van der Waals surface area contributed by atoms with Crippen LogP contribution in [0.5, 0.6) is 5.75 Å². The summed E-state index contributed by atoms with van der Waals surface area (Å²) in [5.74, 6) is 1.70. The summed E-state index contributed by atoms with van der Waals surface area (Å²) >= 11 is 0. The number of aromatic nitrogens is 2. The molecule has 2 rings (SSSR count). The van der Waals surface area contributed by atoms with E-state index in [0.29, 0.717) is 19.7 Å². The molecule has 0 saturated heterocycles. The molecule has 2 aromatic rings. The van der Waals surface area contributed by atoms with Gasteiger partial charge < -0.3 is 15.4 Å². The Hall–Kier alpha value is -2.50. The predicted octanol–water partition coefficient (Wildman–Crippen LogP) is 3.08. The summed E-state index contributed by atoms with van der Waals surface area (Å²) in [6.07, 6.45) is 0. The molecule has 6 heteroatoms. The van der Waals surface area contributed by atoms with Crippen molar-refractivity contribution in [3.05, 3.63) is 46.8 Å². The van der Waals surface area contributed by atoms with Crippen molar-refractivity contribution in [2.75, 3.05) is 20.2 Å². The van der Waals surface area contributed by atoms with Gasteiger partial charge in [-0.05, 0) is 30.9 Å². The predicted molar refractivity (Wildman–Crippen MR) is 112 cm³/mol. The molecule has 0 aliphatic carbocycles. The van der Waals surface area contributed by atoms with Crippen molar-refractivity contribution < 1.29 is 4.74 Å². The standard InChI is InChI=1S/C21H33N5O/c1-15-17(16(2)26(7)25-15)14-24-20(22-6)23-12-13-27-19-11-9-8-10-18(19)21(3,4)5/h8-11H,12-14H2,1-7H3,(H2,22,23,24). The fourth-order valence-electron chi connectivity index (χ4n) is 3.01. The summed E-state index contributed by atoms with van der Waals surface area (Å²) in [7, 11) is 3.74. The Balaban J connectivity index is 1.84. The lowest BCUT2D eigenvalue weighted by molar-refractivity contribution is 0.313. The van der Waals surface area contributed by atoms with Crippen LogP contribution in [-0.2, 0) is 19.0 Å². The van der Waals surface area contributed by atoms with E-state index in [9.17, 15) is 0 Å². The second-order valence-corrected chi connectivity index (χ2v) is 7.72. The van der Waals surface area contributed by atoms with Crippen LogP contribution in [0.15, 0.2) is 29.3 Å². The van der Waals surface area contributed by atoms with Gasteiger partial charge >= 0.3 is 0 Å². The van der Waals surface area contributed by atoms with Crippen LogP contribution in [0.4, 0.5) is 0 Å². The Labute approximate surface area is 163 Å². The lowest BCUT2D eigenvalue weighted by Gasteiger charge is -2.22. The van der Waals surface area contributed by atoms with E-state index in [4.69, 9.17) is 4.74 Å². The minimum Gasteiger partial charge on any atom is -0.491 e. The van der Waals surface area contributed by atoms with Crippen molar-refractivity contribution in [3.63, 3.8) is 0 Å². The molecule has 27 heavy (non-hydrogen) atoms. The first kappa shape index (κ1) is 20.8. The number of aryl methyl sites for hydroxylation is 2. The van der Waals surface area contributed by atoms with E-state index in [1.165, 1.54) is 11.1 Å². The molecule has 0 unspecified atom stereocenters. The second-order valence-electron chi connectivity index (χ2n) is 7.72. The molecule has 148 valence electrons. The Bertz CT molecular complexity index is 786. The van der Waals surface area contributed by atoms with Crippen LogP contribution in [0.3, 0.4) is 0 Å². The molecule has 1 aromatic carbocycles. The molecule has 0 fully saturated rings. The van der Waals surface area contributed by atoms with Gasteiger partial charge in [-0.2, -0.15) is 5.10 Å². The maximum Gasteiger partial charge on any atom is 0.191 e. The molecule has 0 aliphatic rings. The van der Waals surface area contributed by atoms with Gasteiger partial charge in [0.05, 0.1) is 12.2 Å². The summed E-state index contributed by atoms with van der Waals surface area (Å²) in [6, 6.07) is 8.22. The molecular weight excluding hydrogens is 338 g/mol. The molecule has 0 atom stereocenters. The van der Waals surface area contributed by atoms with Crippen molar-refractivity contribution in [2.45, 2.75) is 46.6 Å². The number of guanidine groups is 1. The molecule has 1 aromatic heterocycles. The number of nitrogens with zero attached hydrogens (tertiary/aromatic N) is 3. The Morgan fingerprint density at radius 3 is 2.48 bits per heavy atom. The average molecular weight is 372 g/mol. The van der Waals surface area contributed by atoms with Gasteiger partial charge in [-0.1, -0.05) is 39.0 Å². The van der Waals surface area contributed by atoms with Crippen LogP contribution < -0.4 is 15.4 Å². The molecule has 0 amide bonds. The van der Waals surface area contributed by atoms with Crippen molar-refractivity contribution >= 4 is 5.96 Å². The maximum absolute atomic E-state index is 6.00. The zero-order valence-electron chi connectivity index (χ0n) is 17.7.